The lowest BCUT2D eigenvalue weighted by atomic mass is 10.0. The normalized spacial score (nSPS) is 19.2. The topological polar surface area (TPSA) is 75.7 Å². The van der Waals surface area contributed by atoms with E-state index in [2.05, 4.69) is 4.72 Å². The van der Waals surface area contributed by atoms with Crippen LogP contribution in [-0.4, -0.2) is 40.1 Å². The molecule has 154 valence electrons. The maximum Gasteiger partial charge on any atom is 0.258 e. The third kappa shape index (κ3) is 4.48. The summed E-state index contributed by atoms with van der Waals surface area (Å²) < 4.78 is 33.5. The van der Waals surface area contributed by atoms with Crippen LogP contribution in [0.1, 0.15) is 35.2 Å². The molecule has 0 radical (unpaired) electrons. The van der Waals surface area contributed by atoms with Gasteiger partial charge in [0.2, 0.25) is 10.0 Å². The van der Waals surface area contributed by atoms with Crippen molar-refractivity contribution in [3.05, 3.63) is 58.6 Å². The van der Waals surface area contributed by atoms with Crippen LogP contribution < -0.4 is 9.62 Å². The van der Waals surface area contributed by atoms with Crippen molar-refractivity contribution in [3.8, 4) is 0 Å². The number of rotatable bonds is 5. The molecule has 1 saturated heterocycles. The molecule has 0 aliphatic carbocycles. The number of carbonyl (C=O) groups is 1. The fraction of sp³-hybridized carbons (Fsp3) is 0.381. The van der Waals surface area contributed by atoms with Crippen molar-refractivity contribution in [2.45, 2.75) is 36.7 Å². The second-order valence-electron chi connectivity index (χ2n) is 7.35. The van der Waals surface area contributed by atoms with E-state index in [1.807, 2.05) is 0 Å². The molecule has 2 aromatic carbocycles. The minimum absolute atomic E-state index is 0.0618. The van der Waals surface area contributed by atoms with Gasteiger partial charge in [0, 0.05) is 36.0 Å². The van der Waals surface area contributed by atoms with Crippen LogP contribution in [0.5, 0.6) is 0 Å². The number of aryl methyl sites for hydroxylation is 1. The van der Waals surface area contributed by atoms with Crippen LogP contribution >= 0.6 is 11.6 Å². The first kappa shape index (κ1) is 20.3. The summed E-state index contributed by atoms with van der Waals surface area (Å²) in [6, 6.07) is 11.8. The zero-order valence-electron chi connectivity index (χ0n) is 15.9. The summed E-state index contributed by atoms with van der Waals surface area (Å²) in [6.07, 6.45) is 3.26. The zero-order chi connectivity index (χ0) is 20.4. The van der Waals surface area contributed by atoms with E-state index < -0.39 is 10.0 Å². The Balaban J connectivity index is 1.55. The first-order valence-corrected chi connectivity index (χ1v) is 11.6. The molecule has 1 amide bonds. The molecule has 1 N–H and O–H groups in total. The van der Waals surface area contributed by atoms with E-state index in [-0.39, 0.29) is 23.5 Å². The number of fused-ring (bicyclic) bond motifs is 1. The number of anilines is 1. The van der Waals surface area contributed by atoms with Crippen LogP contribution in [0, 0.1) is 0 Å². The number of carbonyl (C=O) groups excluding carboxylic acids is 1. The van der Waals surface area contributed by atoms with E-state index in [1.165, 1.54) is 0 Å². The third-order valence-corrected chi connectivity index (χ3v) is 6.98. The van der Waals surface area contributed by atoms with Crippen molar-refractivity contribution in [1.82, 2.24) is 4.72 Å². The van der Waals surface area contributed by atoms with Crippen LogP contribution in [0.4, 0.5) is 5.69 Å². The van der Waals surface area contributed by atoms with Gasteiger partial charge in [-0.05, 0) is 67.6 Å². The van der Waals surface area contributed by atoms with Crippen LogP contribution in [0.2, 0.25) is 5.02 Å². The van der Waals surface area contributed by atoms with Gasteiger partial charge in [-0.3, -0.25) is 4.79 Å². The number of nitrogens with zero attached hydrogens (tertiary/aromatic N) is 1. The lowest BCUT2D eigenvalue weighted by molar-refractivity contribution is 0.0985. The Bertz CT molecular complexity index is 1020. The zero-order valence-corrected chi connectivity index (χ0v) is 17.5. The summed E-state index contributed by atoms with van der Waals surface area (Å²) in [5.41, 5.74) is 2.12. The highest BCUT2D eigenvalue weighted by Gasteiger charge is 2.26. The summed E-state index contributed by atoms with van der Waals surface area (Å²) >= 11 is 6.02. The number of ether oxygens (including phenoxy) is 1. The van der Waals surface area contributed by atoms with E-state index >= 15 is 0 Å². The summed E-state index contributed by atoms with van der Waals surface area (Å²) in [5.74, 6) is -0.138. The van der Waals surface area contributed by atoms with Crippen LogP contribution in [-0.2, 0) is 21.2 Å². The number of hydrogen-bond donors (Lipinski definition) is 1. The molecule has 0 saturated carbocycles. The van der Waals surface area contributed by atoms with Gasteiger partial charge >= 0.3 is 0 Å². The van der Waals surface area contributed by atoms with Gasteiger partial charge in [-0.25, -0.2) is 13.1 Å². The van der Waals surface area contributed by atoms with Gasteiger partial charge < -0.3 is 9.64 Å². The smallest absolute Gasteiger partial charge is 0.258 e. The molecule has 1 fully saturated rings. The van der Waals surface area contributed by atoms with Gasteiger partial charge in [0.05, 0.1) is 11.0 Å². The Kier molecular flexibility index (Phi) is 5.92. The van der Waals surface area contributed by atoms with E-state index in [9.17, 15) is 13.2 Å². The Morgan fingerprint density at radius 3 is 2.83 bits per heavy atom. The van der Waals surface area contributed by atoms with Crippen LogP contribution in [0.3, 0.4) is 0 Å². The summed E-state index contributed by atoms with van der Waals surface area (Å²) in [7, 11) is -3.63. The van der Waals surface area contributed by atoms with Crippen molar-refractivity contribution >= 4 is 33.2 Å². The minimum atomic E-state index is -3.63. The molecule has 2 heterocycles. The van der Waals surface area contributed by atoms with Gasteiger partial charge in [-0.2, -0.15) is 0 Å². The average molecular weight is 435 g/mol. The Labute approximate surface area is 175 Å². The van der Waals surface area contributed by atoms with Crippen molar-refractivity contribution in [1.29, 1.82) is 0 Å². The molecule has 2 aliphatic rings. The van der Waals surface area contributed by atoms with Crippen molar-refractivity contribution in [3.63, 3.8) is 0 Å². The second kappa shape index (κ2) is 8.44. The van der Waals surface area contributed by atoms with E-state index in [1.54, 1.807) is 47.4 Å². The molecule has 0 bridgehead atoms. The number of nitrogens with one attached hydrogen (secondary N) is 1. The van der Waals surface area contributed by atoms with Gasteiger partial charge in [0.25, 0.3) is 5.91 Å². The summed E-state index contributed by atoms with van der Waals surface area (Å²) in [4.78, 5) is 14.9. The van der Waals surface area contributed by atoms with Crippen LogP contribution in [0.15, 0.2) is 47.4 Å². The Morgan fingerprint density at radius 1 is 1.21 bits per heavy atom. The summed E-state index contributed by atoms with van der Waals surface area (Å²) in [6.45, 7) is 1.54. The molecule has 0 spiro atoms. The fourth-order valence-corrected chi connectivity index (χ4v) is 5.13. The highest BCUT2D eigenvalue weighted by atomic mass is 35.5. The van der Waals surface area contributed by atoms with Gasteiger partial charge in [-0.15, -0.1) is 0 Å². The minimum Gasteiger partial charge on any atom is -0.377 e. The molecule has 4 rings (SSSR count). The number of halogens is 1. The van der Waals surface area contributed by atoms with Gasteiger partial charge in [0.15, 0.2) is 0 Å². The van der Waals surface area contributed by atoms with Crippen molar-refractivity contribution in [2.24, 2.45) is 0 Å². The monoisotopic (exact) mass is 434 g/mol. The Hall–Kier alpha value is -1.93. The predicted molar refractivity (Wildman–Crippen MR) is 112 cm³/mol. The largest absolute Gasteiger partial charge is 0.377 e. The number of sulfonamides is 1. The summed E-state index contributed by atoms with van der Waals surface area (Å²) in [5, 5.41) is 0.506. The molecular weight excluding hydrogens is 412 g/mol. The van der Waals surface area contributed by atoms with E-state index in [0.717, 1.165) is 36.9 Å². The maximum absolute atomic E-state index is 13.0. The molecule has 8 heteroatoms. The first-order valence-electron chi connectivity index (χ1n) is 9.76. The standard InChI is InChI=1S/C21H23ClN2O4S/c22-17-6-1-4-16(12-17)21(25)24-10-2-5-15-13-19(8-9-20(15)24)29(26,27)23-14-18-7-3-11-28-18/h1,4,6,8-9,12-13,18,23H,2-3,5,7,10-11,14H2/t18-/m1/s1. The molecule has 2 aliphatic heterocycles. The second-order valence-corrected chi connectivity index (χ2v) is 9.55. The molecule has 6 nitrogen and oxygen atoms in total. The molecular formula is C21H23ClN2O4S. The van der Waals surface area contributed by atoms with E-state index in [0.29, 0.717) is 23.7 Å². The fourth-order valence-electron chi connectivity index (χ4n) is 3.82. The quantitative estimate of drug-likeness (QED) is 0.782. The maximum atomic E-state index is 13.0. The van der Waals surface area contributed by atoms with E-state index in [4.69, 9.17) is 16.3 Å². The first-order chi connectivity index (χ1) is 13.9. The number of benzene rings is 2. The predicted octanol–water partition coefficient (Wildman–Crippen LogP) is 3.39. The van der Waals surface area contributed by atoms with Crippen LogP contribution in [0.25, 0.3) is 0 Å². The highest BCUT2D eigenvalue weighted by Crippen LogP contribution is 2.31. The molecule has 0 unspecified atom stereocenters. The lowest BCUT2D eigenvalue weighted by Crippen LogP contribution is -2.36. The molecule has 1 atom stereocenters. The SMILES string of the molecule is O=C(c1cccc(Cl)c1)N1CCCc2cc(S(=O)(=O)NC[C@H]3CCCO3)ccc21. The van der Waals surface area contributed by atoms with Crippen molar-refractivity contribution in [2.75, 3.05) is 24.6 Å². The Morgan fingerprint density at radius 2 is 2.07 bits per heavy atom. The molecule has 29 heavy (non-hydrogen) atoms. The van der Waals surface area contributed by atoms with Crippen molar-refractivity contribution < 1.29 is 17.9 Å². The number of hydrogen-bond acceptors (Lipinski definition) is 4. The average Bonchev–Trinajstić information content (AvgIpc) is 3.25. The van der Waals surface area contributed by atoms with Gasteiger partial charge in [-0.1, -0.05) is 17.7 Å². The third-order valence-electron chi connectivity index (χ3n) is 5.32. The number of amides is 1. The van der Waals surface area contributed by atoms with Gasteiger partial charge in [0.1, 0.15) is 0 Å². The lowest BCUT2D eigenvalue weighted by Gasteiger charge is -2.30. The highest BCUT2D eigenvalue weighted by molar-refractivity contribution is 7.89. The molecule has 0 aromatic heterocycles. The molecule has 2 aromatic rings.